The van der Waals surface area contributed by atoms with E-state index in [2.05, 4.69) is 9.97 Å². The molecule has 2 aromatic heterocycles. The Morgan fingerprint density at radius 3 is 2.53 bits per heavy atom. The third-order valence-corrected chi connectivity index (χ3v) is 3.10. The SMILES string of the molecule is Clc1ncnc2c1cc(Cl)n2-c1ccccc1. The molecule has 84 valence electrons. The van der Waals surface area contributed by atoms with Crippen LogP contribution in [-0.4, -0.2) is 14.5 Å². The van der Waals surface area contributed by atoms with E-state index in [4.69, 9.17) is 23.2 Å². The van der Waals surface area contributed by atoms with E-state index < -0.39 is 0 Å². The van der Waals surface area contributed by atoms with Crippen LogP contribution in [0.4, 0.5) is 0 Å². The molecule has 5 heteroatoms. The van der Waals surface area contributed by atoms with Gasteiger partial charge in [-0.1, -0.05) is 41.4 Å². The van der Waals surface area contributed by atoms with E-state index in [1.54, 1.807) is 6.07 Å². The lowest BCUT2D eigenvalue weighted by Gasteiger charge is -2.05. The molecule has 0 aliphatic heterocycles. The molecule has 3 nitrogen and oxygen atoms in total. The molecule has 0 spiro atoms. The molecule has 0 radical (unpaired) electrons. The number of benzene rings is 1. The molecule has 1 aromatic carbocycles. The number of fused-ring (bicyclic) bond motifs is 1. The molecule has 0 N–H and O–H groups in total. The Morgan fingerprint density at radius 2 is 1.76 bits per heavy atom. The van der Waals surface area contributed by atoms with Crippen molar-refractivity contribution in [2.75, 3.05) is 0 Å². The number of para-hydroxylation sites is 1. The smallest absolute Gasteiger partial charge is 0.150 e. The highest BCUT2D eigenvalue weighted by molar-refractivity contribution is 6.36. The standard InChI is InChI=1S/C12H7Cl2N3/c13-10-6-9-11(14)15-7-16-12(9)17(10)8-4-2-1-3-5-8/h1-7H. The van der Waals surface area contributed by atoms with Gasteiger partial charge in [0.1, 0.15) is 16.6 Å². The Bertz CT molecular complexity index is 677. The number of nitrogens with zero attached hydrogens (tertiary/aromatic N) is 3. The minimum atomic E-state index is 0.409. The van der Waals surface area contributed by atoms with E-state index in [1.807, 2.05) is 34.9 Å². The fourth-order valence-electron chi connectivity index (χ4n) is 1.78. The van der Waals surface area contributed by atoms with Crippen molar-refractivity contribution in [2.24, 2.45) is 0 Å². The minimum Gasteiger partial charge on any atom is -0.284 e. The number of hydrogen-bond acceptors (Lipinski definition) is 2. The Hall–Kier alpha value is -1.58. The first kappa shape index (κ1) is 10.6. The lowest BCUT2D eigenvalue weighted by Crippen LogP contribution is -1.95. The van der Waals surface area contributed by atoms with Crippen LogP contribution in [0.2, 0.25) is 10.3 Å². The molecular weight excluding hydrogens is 257 g/mol. The zero-order valence-corrected chi connectivity index (χ0v) is 10.2. The molecule has 3 rings (SSSR count). The van der Waals surface area contributed by atoms with Gasteiger partial charge in [-0.3, -0.25) is 4.57 Å². The van der Waals surface area contributed by atoms with E-state index >= 15 is 0 Å². The Kier molecular flexibility index (Phi) is 2.50. The van der Waals surface area contributed by atoms with Crippen LogP contribution in [0.3, 0.4) is 0 Å². The summed E-state index contributed by atoms with van der Waals surface area (Å²) in [5.41, 5.74) is 1.66. The second kappa shape index (κ2) is 4.02. The van der Waals surface area contributed by atoms with Crippen LogP contribution in [0.15, 0.2) is 42.7 Å². The summed E-state index contributed by atoms with van der Waals surface area (Å²) in [6, 6.07) is 11.5. The minimum absolute atomic E-state index is 0.409. The molecule has 0 saturated carbocycles. The first-order valence-corrected chi connectivity index (χ1v) is 5.76. The van der Waals surface area contributed by atoms with E-state index in [0.717, 1.165) is 11.1 Å². The van der Waals surface area contributed by atoms with Crippen LogP contribution in [0.1, 0.15) is 0 Å². The average molecular weight is 264 g/mol. The molecule has 0 aliphatic rings. The van der Waals surface area contributed by atoms with Gasteiger partial charge < -0.3 is 0 Å². The highest BCUT2D eigenvalue weighted by Gasteiger charge is 2.12. The zero-order valence-electron chi connectivity index (χ0n) is 8.64. The van der Waals surface area contributed by atoms with Gasteiger partial charge >= 0.3 is 0 Å². The number of aromatic nitrogens is 3. The van der Waals surface area contributed by atoms with Gasteiger partial charge in [0.15, 0.2) is 5.65 Å². The fourth-order valence-corrected chi connectivity index (χ4v) is 2.24. The highest BCUT2D eigenvalue weighted by atomic mass is 35.5. The predicted octanol–water partition coefficient (Wildman–Crippen LogP) is 3.73. The van der Waals surface area contributed by atoms with E-state index in [1.165, 1.54) is 6.33 Å². The second-order valence-corrected chi connectivity index (χ2v) is 4.29. The molecule has 3 aromatic rings. The monoisotopic (exact) mass is 263 g/mol. The number of halogens is 2. The van der Waals surface area contributed by atoms with Gasteiger partial charge in [0.2, 0.25) is 0 Å². The first-order valence-electron chi connectivity index (χ1n) is 5.00. The summed E-state index contributed by atoms with van der Waals surface area (Å²) in [4.78, 5) is 8.16. The fraction of sp³-hybridized carbons (Fsp3) is 0. The van der Waals surface area contributed by atoms with Gasteiger partial charge in [-0.15, -0.1) is 0 Å². The molecule has 0 atom stereocenters. The lowest BCUT2D eigenvalue weighted by atomic mass is 10.3. The van der Waals surface area contributed by atoms with E-state index in [0.29, 0.717) is 16.0 Å². The van der Waals surface area contributed by atoms with Crippen LogP contribution in [0.25, 0.3) is 16.7 Å². The summed E-state index contributed by atoms with van der Waals surface area (Å²) in [6.45, 7) is 0. The maximum absolute atomic E-state index is 6.21. The van der Waals surface area contributed by atoms with Crippen molar-refractivity contribution < 1.29 is 0 Å². The predicted molar refractivity (Wildman–Crippen MR) is 68.9 cm³/mol. The van der Waals surface area contributed by atoms with Crippen molar-refractivity contribution >= 4 is 34.2 Å². The van der Waals surface area contributed by atoms with Crippen LogP contribution >= 0.6 is 23.2 Å². The summed E-state index contributed by atoms with van der Waals surface area (Å²) in [6.07, 6.45) is 1.43. The van der Waals surface area contributed by atoms with Gasteiger partial charge in [-0.2, -0.15) is 0 Å². The lowest BCUT2D eigenvalue weighted by molar-refractivity contribution is 1.08. The van der Waals surface area contributed by atoms with Crippen LogP contribution in [0, 0.1) is 0 Å². The molecular formula is C12H7Cl2N3. The summed E-state index contributed by atoms with van der Waals surface area (Å²) in [5.74, 6) is 0. The molecule has 0 unspecified atom stereocenters. The summed E-state index contributed by atoms with van der Waals surface area (Å²) < 4.78 is 1.84. The van der Waals surface area contributed by atoms with Crippen molar-refractivity contribution in [1.29, 1.82) is 0 Å². The van der Waals surface area contributed by atoms with Crippen molar-refractivity contribution in [1.82, 2.24) is 14.5 Å². The number of rotatable bonds is 1. The van der Waals surface area contributed by atoms with Crippen molar-refractivity contribution in [3.8, 4) is 5.69 Å². The van der Waals surface area contributed by atoms with Crippen LogP contribution in [-0.2, 0) is 0 Å². The zero-order chi connectivity index (χ0) is 11.8. The van der Waals surface area contributed by atoms with Crippen LogP contribution < -0.4 is 0 Å². The molecule has 0 fully saturated rings. The molecule has 0 amide bonds. The van der Waals surface area contributed by atoms with Gasteiger partial charge in [-0.25, -0.2) is 9.97 Å². The van der Waals surface area contributed by atoms with Gasteiger partial charge in [0, 0.05) is 5.69 Å². The van der Waals surface area contributed by atoms with Crippen molar-refractivity contribution in [3.05, 3.63) is 53.0 Å². The summed E-state index contributed by atoms with van der Waals surface area (Å²) in [7, 11) is 0. The highest BCUT2D eigenvalue weighted by Crippen LogP contribution is 2.29. The molecule has 0 saturated heterocycles. The molecule has 2 heterocycles. The van der Waals surface area contributed by atoms with Crippen LogP contribution in [0.5, 0.6) is 0 Å². The van der Waals surface area contributed by atoms with Gasteiger partial charge in [-0.05, 0) is 18.2 Å². The Morgan fingerprint density at radius 1 is 1.00 bits per heavy atom. The van der Waals surface area contributed by atoms with Crippen molar-refractivity contribution in [3.63, 3.8) is 0 Å². The summed E-state index contributed by atoms with van der Waals surface area (Å²) in [5, 5.41) is 1.73. The number of hydrogen-bond donors (Lipinski definition) is 0. The Labute approximate surface area is 108 Å². The van der Waals surface area contributed by atoms with Gasteiger partial charge in [0.05, 0.1) is 5.39 Å². The third kappa shape index (κ3) is 1.68. The quantitative estimate of drug-likeness (QED) is 0.627. The topological polar surface area (TPSA) is 30.7 Å². The first-order chi connectivity index (χ1) is 8.27. The molecule has 0 aliphatic carbocycles. The maximum atomic E-state index is 6.21. The van der Waals surface area contributed by atoms with Gasteiger partial charge in [0.25, 0.3) is 0 Å². The maximum Gasteiger partial charge on any atom is 0.150 e. The molecule has 0 bridgehead atoms. The average Bonchev–Trinajstić information content (AvgIpc) is 2.68. The largest absolute Gasteiger partial charge is 0.284 e. The summed E-state index contributed by atoms with van der Waals surface area (Å²) >= 11 is 12.2. The Balaban J connectivity index is 2.37. The van der Waals surface area contributed by atoms with E-state index in [9.17, 15) is 0 Å². The third-order valence-electron chi connectivity index (χ3n) is 2.52. The van der Waals surface area contributed by atoms with Crippen molar-refractivity contribution in [2.45, 2.75) is 0 Å². The van der Waals surface area contributed by atoms with E-state index in [-0.39, 0.29) is 0 Å². The second-order valence-electron chi connectivity index (χ2n) is 3.54. The molecule has 17 heavy (non-hydrogen) atoms. The normalized spacial score (nSPS) is 10.9.